The van der Waals surface area contributed by atoms with E-state index in [-0.39, 0.29) is 11.6 Å². The van der Waals surface area contributed by atoms with E-state index in [4.69, 9.17) is 0 Å². The van der Waals surface area contributed by atoms with Gasteiger partial charge in [-0.05, 0) is 79.9 Å². The van der Waals surface area contributed by atoms with E-state index < -0.39 is 5.41 Å². The van der Waals surface area contributed by atoms with Crippen LogP contribution in [0.5, 0.6) is 5.75 Å². The zero-order valence-electron chi connectivity index (χ0n) is 21.9. The summed E-state index contributed by atoms with van der Waals surface area (Å²) in [6.07, 6.45) is 7.05. The van der Waals surface area contributed by atoms with E-state index in [2.05, 4.69) is 28.9 Å². The normalized spacial score (nSPS) is 18.4. The molecule has 1 saturated heterocycles. The number of likely N-dealkylation sites (tertiary alicyclic amines) is 1. The molecular formula is C32H38F2N2O. The van der Waals surface area contributed by atoms with E-state index in [9.17, 15) is 13.9 Å². The number of hydrogen-bond acceptors (Lipinski definition) is 3. The van der Waals surface area contributed by atoms with Crippen LogP contribution in [-0.2, 0) is 18.5 Å². The molecule has 2 aliphatic heterocycles. The molecule has 3 aromatic carbocycles. The SMILES string of the molecule is CCCCN1Cc2ccc(CN3CCCCCC3)c(O)c2C(c2ccc(F)cc2)(c2ccc(F)cc2)C1. The van der Waals surface area contributed by atoms with Gasteiger partial charge in [-0.1, -0.05) is 62.6 Å². The maximum atomic E-state index is 14.1. The highest BCUT2D eigenvalue weighted by molar-refractivity contribution is 5.61. The van der Waals surface area contributed by atoms with Crippen molar-refractivity contribution in [3.05, 3.63) is 100 Å². The van der Waals surface area contributed by atoms with Crippen molar-refractivity contribution in [1.29, 1.82) is 0 Å². The fourth-order valence-electron chi connectivity index (χ4n) is 6.30. The van der Waals surface area contributed by atoms with Crippen molar-refractivity contribution >= 4 is 0 Å². The Morgan fingerprint density at radius 2 is 1.38 bits per heavy atom. The monoisotopic (exact) mass is 504 g/mol. The van der Waals surface area contributed by atoms with Gasteiger partial charge in [-0.2, -0.15) is 0 Å². The predicted molar refractivity (Wildman–Crippen MR) is 145 cm³/mol. The number of hydrogen-bond donors (Lipinski definition) is 1. The number of rotatable bonds is 7. The number of aromatic hydroxyl groups is 1. The molecule has 3 aromatic rings. The molecular weight excluding hydrogens is 466 g/mol. The molecule has 1 fully saturated rings. The highest BCUT2D eigenvalue weighted by atomic mass is 19.1. The lowest BCUT2D eigenvalue weighted by molar-refractivity contribution is 0.205. The summed E-state index contributed by atoms with van der Waals surface area (Å²) in [6, 6.07) is 17.5. The lowest BCUT2D eigenvalue weighted by Crippen LogP contribution is -2.47. The number of fused-ring (bicyclic) bond motifs is 1. The maximum absolute atomic E-state index is 14.1. The zero-order valence-corrected chi connectivity index (χ0v) is 21.9. The lowest BCUT2D eigenvalue weighted by atomic mass is 9.65. The average Bonchev–Trinajstić information content (AvgIpc) is 3.18. The molecule has 5 heteroatoms. The molecule has 37 heavy (non-hydrogen) atoms. The van der Waals surface area contributed by atoms with Gasteiger partial charge in [0.25, 0.3) is 0 Å². The third-order valence-corrected chi connectivity index (χ3v) is 8.22. The van der Waals surface area contributed by atoms with Crippen LogP contribution in [0.4, 0.5) is 8.78 Å². The van der Waals surface area contributed by atoms with Crippen LogP contribution >= 0.6 is 0 Å². The number of nitrogens with zero attached hydrogens (tertiary/aromatic N) is 2. The first-order valence-corrected chi connectivity index (χ1v) is 13.8. The Morgan fingerprint density at radius 1 is 0.784 bits per heavy atom. The minimum absolute atomic E-state index is 0.295. The molecule has 0 atom stereocenters. The summed E-state index contributed by atoms with van der Waals surface area (Å²) in [6.45, 7) is 7.30. The van der Waals surface area contributed by atoms with Gasteiger partial charge in [-0.15, -0.1) is 0 Å². The summed E-state index contributed by atoms with van der Waals surface area (Å²) in [7, 11) is 0. The second kappa shape index (κ2) is 11.3. The Morgan fingerprint density at radius 3 is 1.95 bits per heavy atom. The van der Waals surface area contributed by atoms with Crippen LogP contribution in [0, 0.1) is 11.6 Å². The molecule has 0 radical (unpaired) electrons. The van der Waals surface area contributed by atoms with Gasteiger partial charge in [0.15, 0.2) is 0 Å². The molecule has 1 N–H and O–H groups in total. The molecule has 0 aliphatic carbocycles. The van der Waals surface area contributed by atoms with Gasteiger partial charge in [0.05, 0.1) is 5.41 Å². The second-order valence-corrected chi connectivity index (χ2v) is 10.8. The van der Waals surface area contributed by atoms with E-state index in [1.165, 1.54) is 49.9 Å². The summed E-state index contributed by atoms with van der Waals surface area (Å²) >= 11 is 0. The molecule has 2 heterocycles. The molecule has 196 valence electrons. The molecule has 0 bridgehead atoms. The largest absolute Gasteiger partial charge is 0.507 e. The Bertz CT molecular complexity index is 1140. The van der Waals surface area contributed by atoms with E-state index in [0.29, 0.717) is 18.8 Å². The molecule has 3 nitrogen and oxygen atoms in total. The highest BCUT2D eigenvalue weighted by Crippen LogP contribution is 2.49. The molecule has 0 amide bonds. The van der Waals surface area contributed by atoms with Crippen LogP contribution in [0.1, 0.15) is 73.3 Å². The van der Waals surface area contributed by atoms with Gasteiger partial charge in [-0.3, -0.25) is 9.80 Å². The number of halogens is 2. The minimum Gasteiger partial charge on any atom is -0.507 e. The molecule has 0 unspecified atom stereocenters. The maximum Gasteiger partial charge on any atom is 0.124 e. The Balaban J connectivity index is 1.69. The lowest BCUT2D eigenvalue weighted by Gasteiger charge is -2.46. The van der Waals surface area contributed by atoms with Crippen LogP contribution in [0.3, 0.4) is 0 Å². The highest BCUT2D eigenvalue weighted by Gasteiger charge is 2.45. The summed E-state index contributed by atoms with van der Waals surface area (Å²) in [4.78, 5) is 4.87. The average molecular weight is 505 g/mol. The zero-order chi connectivity index (χ0) is 25.8. The Labute approximate surface area is 219 Å². The van der Waals surface area contributed by atoms with Crippen molar-refractivity contribution in [2.75, 3.05) is 26.2 Å². The van der Waals surface area contributed by atoms with Crippen molar-refractivity contribution < 1.29 is 13.9 Å². The van der Waals surface area contributed by atoms with Crippen LogP contribution < -0.4 is 0 Å². The number of phenols is 1. The van der Waals surface area contributed by atoms with Crippen molar-refractivity contribution in [2.45, 2.75) is 64.0 Å². The van der Waals surface area contributed by atoms with Crippen molar-refractivity contribution in [2.24, 2.45) is 0 Å². The number of benzene rings is 3. The molecule has 0 aromatic heterocycles. The van der Waals surface area contributed by atoms with Crippen molar-refractivity contribution in [3.63, 3.8) is 0 Å². The fourth-order valence-corrected chi connectivity index (χ4v) is 6.30. The van der Waals surface area contributed by atoms with Gasteiger partial charge >= 0.3 is 0 Å². The Kier molecular flexibility index (Phi) is 7.92. The fraction of sp³-hybridized carbons (Fsp3) is 0.438. The summed E-state index contributed by atoms with van der Waals surface area (Å²) in [5, 5.41) is 12.0. The van der Waals surface area contributed by atoms with E-state index >= 15 is 0 Å². The van der Waals surface area contributed by atoms with Crippen LogP contribution in [0.2, 0.25) is 0 Å². The Hall–Kier alpha value is -2.76. The predicted octanol–water partition coefficient (Wildman–Crippen LogP) is 7.00. The number of unbranched alkanes of at least 4 members (excludes halogenated alkanes) is 1. The van der Waals surface area contributed by atoms with Gasteiger partial charge in [0, 0.05) is 30.8 Å². The molecule has 5 rings (SSSR count). The standard InChI is InChI=1S/C32H38F2N2O/c1-2-3-18-36-21-24-8-9-25(22-35-19-6-4-5-7-20-35)31(37)30(24)32(23-36,26-10-14-28(33)15-11-26)27-12-16-29(34)17-13-27/h8-17,37H,2-7,18-23H2,1H3. The summed E-state index contributed by atoms with van der Waals surface area (Å²) in [5.74, 6) is -0.266. The van der Waals surface area contributed by atoms with Crippen LogP contribution in [0.15, 0.2) is 60.7 Å². The minimum atomic E-state index is -0.748. The van der Waals surface area contributed by atoms with Gasteiger partial charge in [0.1, 0.15) is 17.4 Å². The second-order valence-electron chi connectivity index (χ2n) is 10.8. The number of phenolic OH excluding ortho intramolecular Hbond substituents is 1. The van der Waals surface area contributed by atoms with Gasteiger partial charge in [0.2, 0.25) is 0 Å². The van der Waals surface area contributed by atoms with Crippen molar-refractivity contribution in [1.82, 2.24) is 9.80 Å². The molecule has 2 aliphatic rings. The first kappa shape index (κ1) is 25.9. The third-order valence-electron chi connectivity index (χ3n) is 8.22. The van der Waals surface area contributed by atoms with E-state index in [0.717, 1.165) is 66.8 Å². The quantitative estimate of drug-likeness (QED) is 0.375. The summed E-state index contributed by atoms with van der Waals surface area (Å²) in [5.41, 5.74) is 3.95. The first-order chi connectivity index (χ1) is 18.0. The van der Waals surface area contributed by atoms with E-state index in [1.54, 1.807) is 0 Å². The molecule has 0 saturated carbocycles. The third kappa shape index (κ3) is 5.30. The van der Waals surface area contributed by atoms with Gasteiger partial charge in [-0.25, -0.2) is 8.78 Å². The van der Waals surface area contributed by atoms with E-state index in [1.807, 2.05) is 24.3 Å². The first-order valence-electron chi connectivity index (χ1n) is 13.8. The van der Waals surface area contributed by atoms with Gasteiger partial charge < -0.3 is 5.11 Å². The van der Waals surface area contributed by atoms with Crippen molar-refractivity contribution in [3.8, 4) is 5.75 Å². The van der Waals surface area contributed by atoms with Crippen LogP contribution in [0.25, 0.3) is 0 Å². The molecule has 0 spiro atoms. The summed E-state index contributed by atoms with van der Waals surface area (Å²) < 4.78 is 28.2. The van der Waals surface area contributed by atoms with Crippen LogP contribution in [-0.4, -0.2) is 41.1 Å². The topological polar surface area (TPSA) is 26.7 Å². The smallest absolute Gasteiger partial charge is 0.124 e.